The molecule has 4 rings (SSSR count). The van der Waals surface area contributed by atoms with E-state index in [1.165, 1.54) is 22.3 Å². The Morgan fingerprint density at radius 1 is 1.06 bits per heavy atom. The van der Waals surface area contributed by atoms with Crippen molar-refractivity contribution in [2.75, 3.05) is 0 Å². The van der Waals surface area contributed by atoms with Crippen molar-refractivity contribution in [1.82, 2.24) is 5.32 Å². The van der Waals surface area contributed by atoms with Crippen molar-refractivity contribution in [3.63, 3.8) is 0 Å². The second-order valence-electron chi connectivity index (χ2n) is 5.71. The number of hydrogen-bond acceptors (Lipinski definition) is 1. The average Bonchev–Trinajstić information content (AvgIpc) is 2.62. The lowest BCUT2D eigenvalue weighted by Gasteiger charge is -2.35. The normalized spacial score (nSPS) is 27.8. The highest BCUT2D eigenvalue weighted by atomic mass is 15.1. The van der Waals surface area contributed by atoms with Crippen LogP contribution < -0.4 is 5.32 Å². The van der Waals surface area contributed by atoms with Crippen LogP contribution in [0.4, 0.5) is 0 Å². The van der Waals surface area contributed by atoms with E-state index in [0.717, 1.165) is 6.42 Å². The summed E-state index contributed by atoms with van der Waals surface area (Å²) < 4.78 is 0. The summed E-state index contributed by atoms with van der Waals surface area (Å²) in [6.07, 6.45) is 1.12. The van der Waals surface area contributed by atoms with Crippen LogP contribution in [0.1, 0.15) is 40.8 Å². The molecule has 0 aliphatic carbocycles. The van der Waals surface area contributed by atoms with Crippen LogP contribution in [0.2, 0.25) is 0 Å². The van der Waals surface area contributed by atoms with Crippen molar-refractivity contribution in [3.8, 4) is 0 Å². The van der Waals surface area contributed by atoms with E-state index < -0.39 is 0 Å². The number of rotatable bonds is 0. The van der Waals surface area contributed by atoms with Gasteiger partial charge in [-0.25, -0.2) is 0 Å². The molecule has 2 aliphatic heterocycles. The molecule has 2 aromatic rings. The first kappa shape index (κ1) is 10.3. The van der Waals surface area contributed by atoms with Crippen LogP contribution in [0, 0.1) is 6.92 Å². The minimum atomic E-state index is 0.000856. The SMILES string of the molecule is Cc1cccc2c1C[C@H]1N[C@]2(C)c2ccccc21. The summed E-state index contributed by atoms with van der Waals surface area (Å²) >= 11 is 0. The van der Waals surface area contributed by atoms with E-state index in [2.05, 4.69) is 61.6 Å². The van der Waals surface area contributed by atoms with Crippen LogP contribution in [0.5, 0.6) is 0 Å². The van der Waals surface area contributed by atoms with Gasteiger partial charge in [0.25, 0.3) is 0 Å². The van der Waals surface area contributed by atoms with Gasteiger partial charge in [-0.3, -0.25) is 5.32 Å². The first-order chi connectivity index (χ1) is 8.70. The topological polar surface area (TPSA) is 12.0 Å². The zero-order chi connectivity index (χ0) is 12.3. The number of benzene rings is 2. The highest BCUT2D eigenvalue weighted by Crippen LogP contribution is 2.48. The monoisotopic (exact) mass is 235 g/mol. The molecule has 2 aromatic carbocycles. The maximum atomic E-state index is 3.82. The summed E-state index contributed by atoms with van der Waals surface area (Å²) in [7, 11) is 0. The highest BCUT2D eigenvalue weighted by Gasteiger charge is 2.45. The third-order valence-corrected chi connectivity index (χ3v) is 4.69. The third kappa shape index (κ3) is 1.10. The van der Waals surface area contributed by atoms with Gasteiger partial charge in [0.1, 0.15) is 0 Å². The van der Waals surface area contributed by atoms with Gasteiger partial charge >= 0.3 is 0 Å². The minimum Gasteiger partial charge on any atom is -0.297 e. The molecule has 0 amide bonds. The first-order valence-corrected chi connectivity index (χ1v) is 6.66. The second-order valence-corrected chi connectivity index (χ2v) is 5.71. The van der Waals surface area contributed by atoms with Crippen molar-refractivity contribution in [3.05, 3.63) is 70.3 Å². The van der Waals surface area contributed by atoms with E-state index in [1.54, 1.807) is 5.56 Å². The molecule has 0 saturated carbocycles. The van der Waals surface area contributed by atoms with Crippen LogP contribution in [0.15, 0.2) is 42.5 Å². The molecule has 0 aromatic heterocycles. The highest BCUT2D eigenvalue weighted by molar-refractivity contribution is 5.55. The van der Waals surface area contributed by atoms with E-state index in [0.29, 0.717) is 6.04 Å². The molecule has 1 heteroatoms. The van der Waals surface area contributed by atoms with Gasteiger partial charge in [-0.15, -0.1) is 0 Å². The Morgan fingerprint density at radius 2 is 1.83 bits per heavy atom. The van der Waals surface area contributed by atoms with Gasteiger partial charge in [0.15, 0.2) is 0 Å². The van der Waals surface area contributed by atoms with Gasteiger partial charge in [0.05, 0.1) is 5.54 Å². The summed E-state index contributed by atoms with van der Waals surface area (Å²) in [5.74, 6) is 0. The number of fused-ring (bicyclic) bond motifs is 7. The van der Waals surface area contributed by atoms with Gasteiger partial charge in [0, 0.05) is 6.04 Å². The van der Waals surface area contributed by atoms with Crippen LogP contribution in [0.25, 0.3) is 0 Å². The lowest BCUT2D eigenvalue weighted by molar-refractivity contribution is 0.388. The summed E-state index contributed by atoms with van der Waals surface area (Å²) in [5.41, 5.74) is 7.37. The Bertz CT molecular complexity index is 644. The summed E-state index contributed by atoms with van der Waals surface area (Å²) in [6.45, 7) is 4.56. The predicted molar refractivity (Wildman–Crippen MR) is 73.7 cm³/mol. The standard InChI is InChI=1S/C17H17N/c1-11-6-5-9-15-13(11)10-16-12-7-3-4-8-14(12)17(15,2)18-16/h3-9,16,18H,10H2,1-2H3/t16-,17-/m1/s1. The Balaban J connectivity index is 2.05. The Kier molecular flexibility index (Phi) is 1.86. The fraction of sp³-hybridized carbons (Fsp3) is 0.294. The number of hydrogen-bond donors (Lipinski definition) is 1. The zero-order valence-electron chi connectivity index (χ0n) is 10.8. The van der Waals surface area contributed by atoms with Crippen molar-refractivity contribution >= 4 is 0 Å². The van der Waals surface area contributed by atoms with Crippen LogP contribution in [0.3, 0.4) is 0 Å². The van der Waals surface area contributed by atoms with E-state index >= 15 is 0 Å². The molecule has 1 nitrogen and oxygen atoms in total. The number of aryl methyl sites for hydroxylation is 1. The fourth-order valence-electron chi connectivity index (χ4n) is 3.79. The fourth-order valence-corrected chi connectivity index (χ4v) is 3.79. The predicted octanol–water partition coefficient (Wildman–Crippen LogP) is 3.46. The molecule has 2 bridgehead atoms. The van der Waals surface area contributed by atoms with Crippen LogP contribution in [-0.2, 0) is 12.0 Å². The Hall–Kier alpha value is -1.60. The van der Waals surface area contributed by atoms with Gasteiger partial charge in [-0.1, -0.05) is 42.5 Å². The molecule has 0 saturated heterocycles. The van der Waals surface area contributed by atoms with Gasteiger partial charge in [-0.05, 0) is 48.1 Å². The lowest BCUT2D eigenvalue weighted by Crippen LogP contribution is -2.41. The van der Waals surface area contributed by atoms with Gasteiger partial charge in [0.2, 0.25) is 0 Å². The largest absolute Gasteiger partial charge is 0.297 e. The van der Waals surface area contributed by atoms with E-state index in [1.807, 2.05) is 0 Å². The quantitative estimate of drug-likeness (QED) is 0.737. The van der Waals surface area contributed by atoms with Crippen molar-refractivity contribution in [1.29, 1.82) is 0 Å². The van der Waals surface area contributed by atoms with E-state index in [4.69, 9.17) is 0 Å². The molecule has 0 spiro atoms. The lowest BCUT2D eigenvalue weighted by atomic mass is 9.81. The molecule has 0 unspecified atom stereocenters. The zero-order valence-corrected chi connectivity index (χ0v) is 10.8. The maximum absolute atomic E-state index is 3.82. The summed E-state index contributed by atoms with van der Waals surface area (Å²) in [4.78, 5) is 0. The first-order valence-electron chi connectivity index (χ1n) is 6.66. The molecule has 2 aliphatic rings. The van der Waals surface area contributed by atoms with E-state index in [-0.39, 0.29) is 5.54 Å². The van der Waals surface area contributed by atoms with Gasteiger partial charge in [-0.2, -0.15) is 0 Å². The van der Waals surface area contributed by atoms with Crippen molar-refractivity contribution in [2.45, 2.75) is 31.8 Å². The molecular weight excluding hydrogens is 218 g/mol. The Morgan fingerprint density at radius 3 is 2.72 bits per heavy atom. The second kappa shape index (κ2) is 3.24. The molecule has 90 valence electrons. The molecule has 1 N–H and O–H groups in total. The van der Waals surface area contributed by atoms with Crippen molar-refractivity contribution in [2.24, 2.45) is 0 Å². The smallest absolute Gasteiger partial charge is 0.0672 e. The molecule has 18 heavy (non-hydrogen) atoms. The van der Waals surface area contributed by atoms with Crippen molar-refractivity contribution < 1.29 is 0 Å². The molecule has 0 fully saturated rings. The number of nitrogens with one attached hydrogen (secondary N) is 1. The summed E-state index contributed by atoms with van der Waals surface area (Å²) in [5, 5.41) is 3.82. The van der Waals surface area contributed by atoms with Crippen LogP contribution >= 0.6 is 0 Å². The minimum absolute atomic E-state index is 0.000856. The van der Waals surface area contributed by atoms with Crippen LogP contribution in [-0.4, -0.2) is 0 Å². The Labute approximate surface area is 108 Å². The summed E-state index contributed by atoms with van der Waals surface area (Å²) in [6, 6.07) is 16.1. The molecule has 0 radical (unpaired) electrons. The average molecular weight is 235 g/mol. The third-order valence-electron chi connectivity index (χ3n) is 4.69. The van der Waals surface area contributed by atoms with Gasteiger partial charge < -0.3 is 0 Å². The van der Waals surface area contributed by atoms with E-state index in [9.17, 15) is 0 Å². The molecular formula is C17H17N. The molecule has 2 heterocycles. The maximum Gasteiger partial charge on any atom is 0.0672 e. The molecule has 2 atom stereocenters.